The van der Waals surface area contributed by atoms with Crippen LogP contribution in [0.4, 0.5) is 4.39 Å². The minimum atomic E-state index is -0.605. The second-order valence-electron chi connectivity index (χ2n) is 2.47. The maximum atomic E-state index is 13.0. The maximum absolute atomic E-state index is 13.0. The van der Waals surface area contributed by atoms with Crippen LogP contribution in [0, 0.1) is 12.9 Å². The van der Waals surface area contributed by atoms with Crippen LogP contribution in [0.3, 0.4) is 0 Å². The van der Waals surface area contributed by atoms with Gasteiger partial charge in [-0.25, -0.2) is 4.98 Å². The standard InChI is InChI=1S/C8H6FN3O/c1-5-11-12-8(13-5)6-3-2-4-10-7(6)9/h2-4H,1H3. The number of hydrogen-bond donors (Lipinski definition) is 0. The summed E-state index contributed by atoms with van der Waals surface area (Å²) in [5.74, 6) is -0.0486. The fourth-order valence-corrected chi connectivity index (χ4v) is 0.951. The molecule has 5 heteroatoms. The van der Waals surface area contributed by atoms with Gasteiger partial charge in [0.2, 0.25) is 11.8 Å². The molecule has 13 heavy (non-hydrogen) atoms. The van der Waals surface area contributed by atoms with Crippen LogP contribution in [0.25, 0.3) is 11.5 Å². The van der Waals surface area contributed by atoms with Gasteiger partial charge in [0.05, 0.1) is 5.56 Å². The number of aryl methyl sites for hydroxylation is 1. The Kier molecular flexibility index (Phi) is 1.77. The maximum Gasteiger partial charge on any atom is 0.252 e. The highest BCUT2D eigenvalue weighted by Gasteiger charge is 2.10. The molecule has 0 unspecified atom stereocenters. The van der Waals surface area contributed by atoms with Crippen LogP contribution < -0.4 is 0 Å². The van der Waals surface area contributed by atoms with E-state index in [1.807, 2.05) is 0 Å². The summed E-state index contributed by atoms with van der Waals surface area (Å²) in [6, 6.07) is 3.15. The van der Waals surface area contributed by atoms with Crippen molar-refractivity contribution in [3.8, 4) is 11.5 Å². The van der Waals surface area contributed by atoms with Gasteiger partial charge in [-0.2, -0.15) is 4.39 Å². The molecule has 0 fully saturated rings. The van der Waals surface area contributed by atoms with E-state index in [0.29, 0.717) is 5.89 Å². The Morgan fingerprint density at radius 3 is 2.85 bits per heavy atom. The van der Waals surface area contributed by atoms with Crippen LogP contribution in [0.2, 0.25) is 0 Å². The zero-order chi connectivity index (χ0) is 9.26. The zero-order valence-electron chi connectivity index (χ0n) is 6.86. The van der Waals surface area contributed by atoms with Crippen LogP contribution in [-0.2, 0) is 0 Å². The summed E-state index contributed by atoms with van der Waals surface area (Å²) in [7, 11) is 0. The number of rotatable bonds is 1. The third-order valence-corrected chi connectivity index (χ3v) is 1.52. The SMILES string of the molecule is Cc1nnc(-c2cccnc2F)o1. The van der Waals surface area contributed by atoms with Crippen LogP contribution in [0.5, 0.6) is 0 Å². The fourth-order valence-electron chi connectivity index (χ4n) is 0.951. The van der Waals surface area contributed by atoms with Gasteiger partial charge >= 0.3 is 0 Å². The van der Waals surface area contributed by atoms with Gasteiger partial charge in [0.25, 0.3) is 5.89 Å². The normalized spacial score (nSPS) is 10.3. The first-order valence-electron chi connectivity index (χ1n) is 3.68. The van der Waals surface area contributed by atoms with E-state index in [9.17, 15) is 4.39 Å². The summed E-state index contributed by atoms with van der Waals surface area (Å²) in [6.07, 6.45) is 1.36. The molecule has 2 rings (SSSR count). The Hall–Kier alpha value is -1.78. The number of hydrogen-bond acceptors (Lipinski definition) is 4. The molecular formula is C8H6FN3O. The molecule has 0 aliphatic heterocycles. The summed E-state index contributed by atoms with van der Waals surface area (Å²) >= 11 is 0. The summed E-state index contributed by atoms with van der Waals surface area (Å²) in [4.78, 5) is 3.47. The molecule has 66 valence electrons. The van der Waals surface area contributed by atoms with Crippen LogP contribution in [0.1, 0.15) is 5.89 Å². The molecule has 0 spiro atoms. The summed E-state index contributed by atoms with van der Waals surface area (Å²) in [6.45, 7) is 1.64. The van der Waals surface area contributed by atoms with Gasteiger partial charge in [-0.05, 0) is 12.1 Å². The van der Waals surface area contributed by atoms with E-state index in [0.717, 1.165) is 0 Å². The van der Waals surface area contributed by atoms with Crippen molar-refractivity contribution in [3.05, 3.63) is 30.2 Å². The lowest BCUT2D eigenvalue weighted by Crippen LogP contribution is -1.87. The Balaban J connectivity index is 2.52. The van der Waals surface area contributed by atoms with Gasteiger partial charge in [-0.1, -0.05) is 0 Å². The lowest BCUT2D eigenvalue weighted by Gasteiger charge is -1.93. The molecule has 0 atom stereocenters. The molecule has 0 aromatic carbocycles. The molecule has 0 saturated heterocycles. The number of nitrogens with zero attached hydrogens (tertiary/aromatic N) is 3. The Morgan fingerprint density at radius 1 is 1.38 bits per heavy atom. The Labute approximate surface area is 73.4 Å². The Morgan fingerprint density at radius 2 is 2.23 bits per heavy atom. The second-order valence-corrected chi connectivity index (χ2v) is 2.47. The third-order valence-electron chi connectivity index (χ3n) is 1.52. The first kappa shape index (κ1) is 7.85. The highest BCUT2D eigenvalue weighted by Crippen LogP contribution is 2.18. The molecule has 0 saturated carbocycles. The monoisotopic (exact) mass is 179 g/mol. The highest BCUT2D eigenvalue weighted by molar-refractivity contribution is 5.51. The molecule has 0 amide bonds. The molecule has 0 bridgehead atoms. The third kappa shape index (κ3) is 1.40. The van der Waals surface area contributed by atoms with E-state index in [-0.39, 0.29) is 11.5 Å². The smallest absolute Gasteiger partial charge is 0.252 e. The van der Waals surface area contributed by atoms with Crippen molar-refractivity contribution in [2.75, 3.05) is 0 Å². The average Bonchev–Trinajstić information content (AvgIpc) is 2.53. The molecule has 0 radical (unpaired) electrons. The average molecular weight is 179 g/mol. The molecule has 0 N–H and O–H groups in total. The molecule has 0 aliphatic carbocycles. The van der Waals surface area contributed by atoms with E-state index in [2.05, 4.69) is 15.2 Å². The van der Waals surface area contributed by atoms with Gasteiger partial charge in [-0.15, -0.1) is 10.2 Å². The van der Waals surface area contributed by atoms with Crippen molar-refractivity contribution in [2.24, 2.45) is 0 Å². The van der Waals surface area contributed by atoms with Gasteiger partial charge in [-0.3, -0.25) is 0 Å². The summed E-state index contributed by atoms with van der Waals surface area (Å²) in [5, 5.41) is 7.27. The van der Waals surface area contributed by atoms with Crippen molar-refractivity contribution in [2.45, 2.75) is 6.92 Å². The van der Waals surface area contributed by atoms with Gasteiger partial charge in [0, 0.05) is 13.1 Å². The quantitative estimate of drug-likeness (QED) is 0.623. The lowest BCUT2D eigenvalue weighted by molar-refractivity contribution is 0.521. The van der Waals surface area contributed by atoms with Crippen molar-refractivity contribution in [1.29, 1.82) is 0 Å². The van der Waals surface area contributed by atoms with E-state index < -0.39 is 5.95 Å². The Bertz CT molecular complexity index is 427. The zero-order valence-corrected chi connectivity index (χ0v) is 6.86. The minimum Gasteiger partial charge on any atom is -0.421 e. The first-order valence-corrected chi connectivity index (χ1v) is 3.68. The van der Waals surface area contributed by atoms with E-state index in [1.165, 1.54) is 12.3 Å². The summed E-state index contributed by atoms with van der Waals surface area (Å²) in [5.41, 5.74) is 0.225. The van der Waals surface area contributed by atoms with Gasteiger partial charge in [0.15, 0.2) is 0 Å². The minimum absolute atomic E-state index is 0.156. The van der Waals surface area contributed by atoms with Crippen LogP contribution >= 0.6 is 0 Å². The van der Waals surface area contributed by atoms with E-state index >= 15 is 0 Å². The molecular weight excluding hydrogens is 173 g/mol. The van der Waals surface area contributed by atoms with Crippen molar-refractivity contribution in [3.63, 3.8) is 0 Å². The molecule has 2 heterocycles. The predicted octanol–water partition coefficient (Wildman–Crippen LogP) is 1.58. The highest BCUT2D eigenvalue weighted by atomic mass is 19.1. The topological polar surface area (TPSA) is 51.8 Å². The number of pyridine rings is 1. The lowest BCUT2D eigenvalue weighted by atomic mass is 10.3. The first-order chi connectivity index (χ1) is 6.27. The number of aromatic nitrogens is 3. The molecule has 2 aromatic heterocycles. The number of halogens is 1. The van der Waals surface area contributed by atoms with E-state index in [1.54, 1.807) is 13.0 Å². The molecule has 0 aliphatic rings. The largest absolute Gasteiger partial charge is 0.421 e. The predicted molar refractivity (Wildman–Crippen MR) is 42.2 cm³/mol. The van der Waals surface area contributed by atoms with Gasteiger partial charge < -0.3 is 4.42 Å². The molecule has 2 aromatic rings. The van der Waals surface area contributed by atoms with Crippen LogP contribution in [0.15, 0.2) is 22.7 Å². The van der Waals surface area contributed by atoms with Gasteiger partial charge in [0.1, 0.15) is 0 Å². The van der Waals surface area contributed by atoms with Crippen molar-refractivity contribution in [1.82, 2.24) is 15.2 Å². The fraction of sp³-hybridized carbons (Fsp3) is 0.125. The molecule has 4 nitrogen and oxygen atoms in total. The van der Waals surface area contributed by atoms with Crippen molar-refractivity contribution < 1.29 is 8.81 Å². The summed E-state index contributed by atoms with van der Waals surface area (Å²) < 4.78 is 18.1. The van der Waals surface area contributed by atoms with Crippen LogP contribution in [-0.4, -0.2) is 15.2 Å². The van der Waals surface area contributed by atoms with E-state index in [4.69, 9.17) is 4.42 Å². The van der Waals surface area contributed by atoms with Crippen molar-refractivity contribution >= 4 is 0 Å². The second kappa shape index (κ2) is 2.93.